The predicted molar refractivity (Wildman–Crippen MR) is 150 cm³/mol. The van der Waals surface area contributed by atoms with Crippen LogP contribution in [0.4, 0.5) is 0 Å². The van der Waals surface area contributed by atoms with Crippen LogP contribution in [0.3, 0.4) is 0 Å². The van der Waals surface area contributed by atoms with Crippen molar-refractivity contribution in [1.82, 2.24) is 0 Å². The average Bonchev–Trinajstić information content (AvgIpc) is 2.82. The summed E-state index contributed by atoms with van der Waals surface area (Å²) >= 11 is 0. The molecule has 0 aliphatic heterocycles. The van der Waals surface area contributed by atoms with Crippen LogP contribution in [0.25, 0.3) is 0 Å². The molecule has 4 nitrogen and oxygen atoms in total. The van der Waals surface area contributed by atoms with E-state index in [9.17, 15) is 13.0 Å². The minimum Gasteiger partial charge on any atom is -0.726 e. The van der Waals surface area contributed by atoms with Crippen LogP contribution in [0.5, 0.6) is 0 Å². The minimum atomic E-state index is -4.61. The SMILES string of the molecule is CCCCCCCCCC/C=C/C(CCCCCCCCCCCCCCCC)COS(=O)(=O)[O-].[K+]. The average molecular weight is 555 g/mol. The number of allylic oxidation sites excluding steroid dienone is 1. The normalized spacial score (nSPS) is 12.8. The molecule has 0 spiro atoms. The molecule has 0 bridgehead atoms. The molecule has 0 aliphatic carbocycles. The van der Waals surface area contributed by atoms with E-state index < -0.39 is 10.4 Å². The second-order valence-corrected chi connectivity index (χ2v) is 11.6. The van der Waals surface area contributed by atoms with Gasteiger partial charge < -0.3 is 4.55 Å². The molecular formula is C30H59KO4S. The van der Waals surface area contributed by atoms with Gasteiger partial charge >= 0.3 is 51.4 Å². The van der Waals surface area contributed by atoms with Crippen LogP contribution in [0.1, 0.15) is 168 Å². The molecule has 0 aromatic carbocycles. The molecule has 0 rings (SSSR count). The summed E-state index contributed by atoms with van der Waals surface area (Å²) in [6.45, 7) is 4.50. The molecule has 1 atom stereocenters. The molecule has 0 saturated carbocycles. The van der Waals surface area contributed by atoms with Crippen molar-refractivity contribution in [1.29, 1.82) is 0 Å². The van der Waals surface area contributed by atoms with Crippen molar-refractivity contribution in [3.63, 3.8) is 0 Å². The van der Waals surface area contributed by atoms with Gasteiger partial charge in [0.05, 0.1) is 6.61 Å². The van der Waals surface area contributed by atoms with Crippen molar-refractivity contribution < 1.29 is 68.5 Å². The van der Waals surface area contributed by atoms with Crippen LogP contribution >= 0.6 is 0 Å². The molecule has 0 N–H and O–H groups in total. The predicted octanol–water partition coefficient (Wildman–Crippen LogP) is 7.04. The fourth-order valence-electron chi connectivity index (χ4n) is 4.69. The van der Waals surface area contributed by atoms with Gasteiger partial charge in [-0.3, -0.25) is 4.18 Å². The summed E-state index contributed by atoms with van der Waals surface area (Å²) in [5.74, 6) is 0.0186. The van der Waals surface area contributed by atoms with Gasteiger partial charge in [-0.2, -0.15) is 0 Å². The van der Waals surface area contributed by atoms with Gasteiger partial charge in [-0.1, -0.05) is 161 Å². The Morgan fingerprint density at radius 1 is 0.611 bits per heavy atom. The second kappa shape index (κ2) is 30.8. The largest absolute Gasteiger partial charge is 1.00 e. The van der Waals surface area contributed by atoms with Gasteiger partial charge in [0.25, 0.3) is 0 Å². The third-order valence-electron chi connectivity index (χ3n) is 6.99. The van der Waals surface area contributed by atoms with Gasteiger partial charge in [-0.15, -0.1) is 0 Å². The van der Waals surface area contributed by atoms with E-state index >= 15 is 0 Å². The zero-order valence-corrected chi connectivity index (χ0v) is 28.4. The standard InChI is InChI=1S/C30H60O4S.K/c1-3-5-7-9-11-13-15-16-17-18-20-22-24-26-28-30(29-34-35(31,32)33)27-25-23-21-19-14-12-10-8-6-4-2;/h25,27,30H,3-24,26,28-29H2,1-2H3,(H,31,32,33);/q;+1/p-1/b27-25+;. The molecular weight excluding hydrogens is 495 g/mol. The second-order valence-electron chi connectivity index (χ2n) is 10.5. The van der Waals surface area contributed by atoms with Gasteiger partial charge in [0, 0.05) is 5.92 Å². The summed E-state index contributed by atoms with van der Waals surface area (Å²) in [4.78, 5) is 0. The monoisotopic (exact) mass is 554 g/mol. The van der Waals surface area contributed by atoms with Crippen molar-refractivity contribution in [3.8, 4) is 0 Å². The van der Waals surface area contributed by atoms with Gasteiger partial charge in [0.1, 0.15) is 0 Å². The molecule has 210 valence electrons. The van der Waals surface area contributed by atoms with E-state index in [1.54, 1.807) is 0 Å². The van der Waals surface area contributed by atoms with Gasteiger partial charge in [0.2, 0.25) is 10.4 Å². The molecule has 0 radical (unpaired) electrons. The van der Waals surface area contributed by atoms with Crippen molar-refractivity contribution >= 4 is 10.4 Å². The smallest absolute Gasteiger partial charge is 0.726 e. The molecule has 0 fully saturated rings. The Morgan fingerprint density at radius 3 is 1.36 bits per heavy atom. The Bertz CT molecular complexity index is 551. The van der Waals surface area contributed by atoms with Crippen molar-refractivity contribution in [2.45, 2.75) is 168 Å². The Morgan fingerprint density at radius 2 is 0.972 bits per heavy atom. The topological polar surface area (TPSA) is 66.4 Å². The molecule has 0 heterocycles. The summed E-state index contributed by atoms with van der Waals surface area (Å²) in [6, 6.07) is 0. The Hall–Kier alpha value is 1.25. The van der Waals surface area contributed by atoms with Crippen LogP contribution in [0.2, 0.25) is 0 Å². The summed E-state index contributed by atoms with van der Waals surface area (Å²) in [5, 5.41) is 0. The number of unbranched alkanes of at least 4 members (excludes halogenated alkanes) is 21. The van der Waals surface area contributed by atoms with E-state index in [-0.39, 0.29) is 63.9 Å². The molecule has 0 aromatic rings. The number of hydrogen-bond acceptors (Lipinski definition) is 4. The quantitative estimate of drug-likeness (QED) is 0.0342. The summed E-state index contributed by atoms with van der Waals surface area (Å²) in [6.07, 6.45) is 35.1. The zero-order chi connectivity index (χ0) is 25.9. The Labute approximate surface area is 269 Å². The zero-order valence-electron chi connectivity index (χ0n) is 24.5. The van der Waals surface area contributed by atoms with E-state index in [2.05, 4.69) is 30.2 Å². The Balaban J connectivity index is 0. The van der Waals surface area contributed by atoms with E-state index in [1.165, 1.54) is 135 Å². The van der Waals surface area contributed by atoms with Crippen LogP contribution in [0.15, 0.2) is 12.2 Å². The van der Waals surface area contributed by atoms with Crippen molar-refractivity contribution in [2.75, 3.05) is 6.61 Å². The van der Waals surface area contributed by atoms with E-state index in [0.29, 0.717) is 0 Å². The molecule has 0 saturated heterocycles. The molecule has 0 aliphatic rings. The third-order valence-corrected chi connectivity index (χ3v) is 7.41. The maximum atomic E-state index is 10.9. The fourth-order valence-corrected chi connectivity index (χ4v) is 5.03. The minimum absolute atomic E-state index is 0. The van der Waals surface area contributed by atoms with Gasteiger partial charge in [0.15, 0.2) is 0 Å². The van der Waals surface area contributed by atoms with Crippen LogP contribution in [0, 0.1) is 5.92 Å². The van der Waals surface area contributed by atoms with E-state index in [1.807, 2.05) is 0 Å². The third kappa shape index (κ3) is 33.3. The first-order valence-electron chi connectivity index (χ1n) is 15.3. The van der Waals surface area contributed by atoms with Crippen LogP contribution in [-0.4, -0.2) is 19.6 Å². The van der Waals surface area contributed by atoms with Crippen molar-refractivity contribution in [3.05, 3.63) is 12.2 Å². The summed E-state index contributed by atoms with van der Waals surface area (Å²) in [5.41, 5.74) is 0. The summed E-state index contributed by atoms with van der Waals surface area (Å²) < 4.78 is 37.2. The number of rotatable bonds is 28. The summed E-state index contributed by atoms with van der Waals surface area (Å²) in [7, 11) is -4.61. The molecule has 0 aromatic heterocycles. The molecule has 6 heteroatoms. The fraction of sp³-hybridized carbons (Fsp3) is 0.933. The van der Waals surface area contributed by atoms with Crippen LogP contribution < -0.4 is 51.4 Å². The van der Waals surface area contributed by atoms with Crippen molar-refractivity contribution in [2.24, 2.45) is 5.92 Å². The molecule has 36 heavy (non-hydrogen) atoms. The first-order valence-corrected chi connectivity index (χ1v) is 16.6. The van der Waals surface area contributed by atoms with E-state index in [0.717, 1.165) is 19.3 Å². The van der Waals surface area contributed by atoms with E-state index in [4.69, 9.17) is 0 Å². The molecule has 1 unspecified atom stereocenters. The first-order chi connectivity index (χ1) is 17.0. The van der Waals surface area contributed by atoms with Crippen LogP contribution in [-0.2, 0) is 14.6 Å². The first kappa shape index (κ1) is 39.4. The Kier molecular flexibility index (Phi) is 33.7. The van der Waals surface area contributed by atoms with Gasteiger partial charge in [-0.05, 0) is 19.3 Å². The molecule has 0 amide bonds. The maximum Gasteiger partial charge on any atom is 1.00 e. The maximum absolute atomic E-state index is 10.9. The van der Waals surface area contributed by atoms with Gasteiger partial charge in [-0.25, -0.2) is 8.42 Å². The number of hydrogen-bond donors (Lipinski definition) is 0.